The van der Waals surface area contributed by atoms with Crippen molar-refractivity contribution < 1.29 is 5.11 Å². The predicted octanol–water partition coefficient (Wildman–Crippen LogP) is 0.935. The standard InChI is InChI=1S/C11H26N2O/c1-5-12-11(6-7-14)9-13(4)8-10(2)3/h10-12,14H,5-9H2,1-4H3. The maximum Gasteiger partial charge on any atom is 0.0446 e. The molecular weight excluding hydrogens is 176 g/mol. The summed E-state index contributed by atoms with van der Waals surface area (Å²) in [4.78, 5) is 2.33. The Balaban J connectivity index is 3.76. The fraction of sp³-hybridized carbons (Fsp3) is 1.00. The number of likely N-dealkylation sites (N-methyl/N-ethyl adjacent to an activating group) is 2. The number of nitrogens with zero attached hydrogens (tertiary/aromatic N) is 1. The molecule has 0 spiro atoms. The second-order valence-corrected chi connectivity index (χ2v) is 4.38. The minimum Gasteiger partial charge on any atom is -0.396 e. The Hall–Kier alpha value is -0.120. The van der Waals surface area contributed by atoms with Gasteiger partial charge in [0.2, 0.25) is 0 Å². The minimum absolute atomic E-state index is 0.271. The van der Waals surface area contributed by atoms with Crippen molar-refractivity contribution in [2.45, 2.75) is 33.2 Å². The zero-order valence-corrected chi connectivity index (χ0v) is 10.1. The van der Waals surface area contributed by atoms with Crippen LogP contribution in [-0.4, -0.2) is 49.3 Å². The molecule has 14 heavy (non-hydrogen) atoms. The molecule has 1 atom stereocenters. The second kappa shape index (κ2) is 8.21. The number of nitrogens with one attached hydrogen (secondary N) is 1. The van der Waals surface area contributed by atoms with Gasteiger partial charge in [0.15, 0.2) is 0 Å². The molecule has 0 amide bonds. The van der Waals surface area contributed by atoms with Gasteiger partial charge in [0.05, 0.1) is 0 Å². The quantitative estimate of drug-likeness (QED) is 0.615. The van der Waals surface area contributed by atoms with Crippen LogP contribution in [0.5, 0.6) is 0 Å². The van der Waals surface area contributed by atoms with Crippen LogP contribution in [-0.2, 0) is 0 Å². The first-order valence-electron chi connectivity index (χ1n) is 5.62. The van der Waals surface area contributed by atoms with Gasteiger partial charge >= 0.3 is 0 Å². The highest BCUT2D eigenvalue weighted by atomic mass is 16.3. The second-order valence-electron chi connectivity index (χ2n) is 4.38. The highest BCUT2D eigenvalue weighted by molar-refractivity contribution is 4.70. The molecular formula is C11H26N2O. The van der Waals surface area contributed by atoms with Gasteiger partial charge in [-0.15, -0.1) is 0 Å². The molecule has 0 fully saturated rings. The number of hydrogen-bond donors (Lipinski definition) is 2. The van der Waals surface area contributed by atoms with Crippen molar-refractivity contribution in [1.29, 1.82) is 0 Å². The molecule has 0 aromatic carbocycles. The summed E-state index contributed by atoms with van der Waals surface area (Å²) in [6.45, 7) is 9.94. The average Bonchev–Trinajstić information content (AvgIpc) is 2.03. The van der Waals surface area contributed by atoms with E-state index in [0.29, 0.717) is 12.0 Å². The topological polar surface area (TPSA) is 35.5 Å². The van der Waals surface area contributed by atoms with E-state index in [1.165, 1.54) is 0 Å². The summed E-state index contributed by atoms with van der Waals surface area (Å²) >= 11 is 0. The average molecular weight is 202 g/mol. The number of rotatable bonds is 8. The first kappa shape index (κ1) is 13.9. The summed E-state index contributed by atoms with van der Waals surface area (Å²) in [7, 11) is 2.14. The largest absolute Gasteiger partial charge is 0.396 e. The monoisotopic (exact) mass is 202 g/mol. The molecule has 0 aliphatic rings. The first-order chi connectivity index (χ1) is 6.60. The van der Waals surface area contributed by atoms with Crippen LogP contribution in [0.25, 0.3) is 0 Å². The molecule has 0 heterocycles. The minimum atomic E-state index is 0.271. The van der Waals surface area contributed by atoms with E-state index in [1.807, 2.05) is 0 Å². The summed E-state index contributed by atoms with van der Waals surface area (Å²) in [6, 6.07) is 0.425. The highest BCUT2D eigenvalue weighted by Crippen LogP contribution is 1.99. The molecule has 0 saturated heterocycles. The lowest BCUT2D eigenvalue weighted by atomic mass is 10.1. The fourth-order valence-electron chi connectivity index (χ4n) is 1.78. The molecule has 0 aliphatic heterocycles. The lowest BCUT2D eigenvalue weighted by Gasteiger charge is -2.25. The molecule has 0 aromatic rings. The summed E-state index contributed by atoms with van der Waals surface area (Å²) < 4.78 is 0. The van der Waals surface area contributed by atoms with Gasteiger partial charge in [-0.05, 0) is 25.9 Å². The van der Waals surface area contributed by atoms with Crippen molar-refractivity contribution in [2.75, 3.05) is 33.3 Å². The Morgan fingerprint density at radius 1 is 1.29 bits per heavy atom. The molecule has 0 rings (SSSR count). The molecule has 0 aromatic heterocycles. The van der Waals surface area contributed by atoms with E-state index in [4.69, 9.17) is 5.11 Å². The van der Waals surface area contributed by atoms with Crippen LogP contribution in [0, 0.1) is 5.92 Å². The maximum atomic E-state index is 8.90. The zero-order valence-electron chi connectivity index (χ0n) is 10.1. The third-order valence-electron chi connectivity index (χ3n) is 2.18. The van der Waals surface area contributed by atoms with Crippen LogP contribution in [0.1, 0.15) is 27.2 Å². The molecule has 0 radical (unpaired) electrons. The number of aliphatic hydroxyl groups excluding tert-OH is 1. The summed E-state index contributed by atoms with van der Waals surface area (Å²) in [5.41, 5.74) is 0. The molecule has 2 N–H and O–H groups in total. The lowest BCUT2D eigenvalue weighted by molar-refractivity contribution is 0.220. The molecule has 3 nitrogen and oxygen atoms in total. The van der Waals surface area contributed by atoms with E-state index < -0.39 is 0 Å². The Kier molecular flexibility index (Phi) is 8.14. The molecule has 0 aliphatic carbocycles. The fourth-order valence-corrected chi connectivity index (χ4v) is 1.78. The normalized spacial score (nSPS) is 13.9. The van der Waals surface area contributed by atoms with Gasteiger partial charge in [-0.1, -0.05) is 20.8 Å². The van der Waals surface area contributed by atoms with E-state index in [1.54, 1.807) is 0 Å². The van der Waals surface area contributed by atoms with Crippen LogP contribution < -0.4 is 5.32 Å². The van der Waals surface area contributed by atoms with Gasteiger partial charge in [-0.2, -0.15) is 0 Å². The maximum absolute atomic E-state index is 8.90. The Labute approximate surface area is 88.5 Å². The Morgan fingerprint density at radius 3 is 2.36 bits per heavy atom. The highest BCUT2D eigenvalue weighted by Gasteiger charge is 2.10. The molecule has 1 unspecified atom stereocenters. The third kappa shape index (κ3) is 7.30. The molecule has 0 bridgehead atoms. The Bertz CT molecular complexity index is 122. The van der Waals surface area contributed by atoms with Crippen molar-refractivity contribution in [3.05, 3.63) is 0 Å². The van der Waals surface area contributed by atoms with Gasteiger partial charge in [0, 0.05) is 25.7 Å². The van der Waals surface area contributed by atoms with Crippen LogP contribution in [0.2, 0.25) is 0 Å². The molecule has 86 valence electrons. The number of aliphatic hydroxyl groups is 1. The van der Waals surface area contributed by atoms with Gasteiger partial charge in [-0.25, -0.2) is 0 Å². The van der Waals surface area contributed by atoms with Crippen molar-refractivity contribution in [1.82, 2.24) is 10.2 Å². The van der Waals surface area contributed by atoms with Crippen LogP contribution in [0.15, 0.2) is 0 Å². The lowest BCUT2D eigenvalue weighted by Crippen LogP contribution is -2.41. The van der Waals surface area contributed by atoms with Crippen LogP contribution in [0.3, 0.4) is 0 Å². The third-order valence-corrected chi connectivity index (χ3v) is 2.18. The van der Waals surface area contributed by atoms with Gasteiger partial charge < -0.3 is 15.3 Å². The SMILES string of the molecule is CCNC(CCO)CN(C)CC(C)C. The Morgan fingerprint density at radius 2 is 1.93 bits per heavy atom. The summed E-state index contributed by atoms with van der Waals surface area (Å²) in [5, 5.41) is 12.3. The summed E-state index contributed by atoms with van der Waals surface area (Å²) in [6.07, 6.45) is 0.844. The van der Waals surface area contributed by atoms with Gasteiger partial charge in [0.25, 0.3) is 0 Å². The van der Waals surface area contributed by atoms with Crippen LogP contribution in [0.4, 0.5) is 0 Å². The predicted molar refractivity (Wildman–Crippen MR) is 61.5 cm³/mol. The number of hydrogen-bond acceptors (Lipinski definition) is 3. The van der Waals surface area contributed by atoms with Crippen molar-refractivity contribution in [2.24, 2.45) is 5.92 Å². The smallest absolute Gasteiger partial charge is 0.0446 e. The van der Waals surface area contributed by atoms with Gasteiger partial charge in [0.1, 0.15) is 0 Å². The summed E-state index contributed by atoms with van der Waals surface area (Å²) in [5.74, 6) is 0.705. The van der Waals surface area contributed by atoms with Crippen molar-refractivity contribution >= 4 is 0 Å². The molecule has 3 heteroatoms. The van der Waals surface area contributed by atoms with Crippen molar-refractivity contribution in [3.63, 3.8) is 0 Å². The van der Waals surface area contributed by atoms with E-state index in [2.05, 4.69) is 38.0 Å². The van der Waals surface area contributed by atoms with Crippen molar-refractivity contribution in [3.8, 4) is 0 Å². The van der Waals surface area contributed by atoms with Crippen LogP contribution >= 0.6 is 0 Å². The van der Waals surface area contributed by atoms with E-state index in [-0.39, 0.29) is 6.61 Å². The van der Waals surface area contributed by atoms with E-state index in [0.717, 1.165) is 26.1 Å². The van der Waals surface area contributed by atoms with Gasteiger partial charge in [-0.3, -0.25) is 0 Å². The van der Waals surface area contributed by atoms with E-state index >= 15 is 0 Å². The first-order valence-corrected chi connectivity index (χ1v) is 5.62. The molecule has 0 saturated carbocycles. The van der Waals surface area contributed by atoms with E-state index in [9.17, 15) is 0 Å². The zero-order chi connectivity index (χ0) is 11.0.